The number of hydrogen-bond donors (Lipinski definition) is 1. The van der Waals surface area contributed by atoms with Crippen LogP contribution in [-0.2, 0) is 0 Å². The molecule has 1 heteroatoms. The number of allylic oxidation sites excluding steroid dienone is 1. The Hall–Kier alpha value is -0.300. The van der Waals surface area contributed by atoms with Gasteiger partial charge in [-0.2, -0.15) is 0 Å². The van der Waals surface area contributed by atoms with Crippen LogP contribution in [0.3, 0.4) is 0 Å². The fourth-order valence-electron chi connectivity index (χ4n) is 1.90. The van der Waals surface area contributed by atoms with Crippen LogP contribution >= 0.6 is 0 Å². The summed E-state index contributed by atoms with van der Waals surface area (Å²) in [6.45, 7) is 0. The molecule has 0 aliphatic heterocycles. The van der Waals surface area contributed by atoms with E-state index in [1.165, 1.54) is 12.8 Å². The van der Waals surface area contributed by atoms with Gasteiger partial charge in [-0.15, -0.1) is 0 Å². The van der Waals surface area contributed by atoms with Crippen molar-refractivity contribution in [2.24, 2.45) is 11.8 Å². The minimum atomic E-state index is -0.00782. The first-order chi connectivity index (χ1) is 4.38. The van der Waals surface area contributed by atoms with Crippen LogP contribution in [0.5, 0.6) is 0 Å². The van der Waals surface area contributed by atoms with Gasteiger partial charge in [0.1, 0.15) is 0 Å². The Morgan fingerprint density at radius 3 is 2.89 bits per heavy atom. The molecule has 1 N–H and O–H groups in total. The fraction of sp³-hybridized carbons (Fsp3) is 0.750. The van der Waals surface area contributed by atoms with E-state index in [0.717, 1.165) is 12.3 Å². The summed E-state index contributed by atoms with van der Waals surface area (Å²) in [5.41, 5.74) is 0. The Morgan fingerprint density at radius 2 is 2.33 bits per heavy atom. The second kappa shape index (κ2) is 1.84. The van der Waals surface area contributed by atoms with Crippen LogP contribution < -0.4 is 0 Å². The molecule has 0 bridgehead atoms. The van der Waals surface area contributed by atoms with Crippen molar-refractivity contribution in [3.05, 3.63) is 12.2 Å². The van der Waals surface area contributed by atoms with Crippen molar-refractivity contribution < 1.29 is 5.11 Å². The lowest BCUT2D eigenvalue weighted by molar-refractivity contribution is -0.0136. The van der Waals surface area contributed by atoms with Crippen molar-refractivity contribution in [3.63, 3.8) is 0 Å². The lowest BCUT2D eigenvalue weighted by Gasteiger charge is -2.42. The summed E-state index contributed by atoms with van der Waals surface area (Å²) in [7, 11) is 0. The molecule has 0 amide bonds. The second-order valence-corrected chi connectivity index (χ2v) is 3.15. The van der Waals surface area contributed by atoms with Gasteiger partial charge in [0.05, 0.1) is 6.10 Å². The molecule has 1 saturated carbocycles. The minimum absolute atomic E-state index is 0.00782. The second-order valence-electron chi connectivity index (χ2n) is 3.15. The van der Waals surface area contributed by atoms with E-state index in [1.54, 1.807) is 0 Å². The van der Waals surface area contributed by atoms with Gasteiger partial charge in [-0.05, 0) is 25.2 Å². The van der Waals surface area contributed by atoms with E-state index in [-0.39, 0.29) is 6.10 Å². The molecule has 2 rings (SSSR count). The zero-order chi connectivity index (χ0) is 6.27. The van der Waals surface area contributed by atoms with Crippen LogP contribution in [0.4, 0.5) is 0 Å². The van der Waals surface area contributed by atoms with Gasteiger partial charge < -0.3 is 5.11 Å². The predicted molar refractivity (Wildman–Crippen MR) is 36.0 cm³/mol. The van der Waals surface area contributed by atoms with Crippen LogP contribution in [0.25, 0.3) is 0 Å². The molecule has 0 radical (unpaired) electrons. The summed E-state index contributed by atoms with van der Waals surface area (Å²) in [6, 6.07) is 0. The first-order valence-corrected chi connectivity index (χ1v) is 3.72. The van der Waals surface area contributed by atoms with Gasteiger partial charge in [0.25, 0.3) is 0 Å². The van der Waals surface area contributed by atoms with Crippen molar-refractivity contribution in [1.82, 2.24) is 0 Å². The van der Waals surface area contributed by atoms with Crippen molar-refractivity contribution in [2.45, 2.75) is 25.4 Å². The van der Waals surface area contributed by atoms with Crippen molar-refractivity contribution in [2.75, 3.05) is 0 Å². The fourth-order valence-corrected chi connectivity index (χ4v) is 1.90. The van der Waals surface area contributed by atoms with E-state index >= 15 is 0 Å². The molecule has 0 heterocycles. The molecule has 0 spiro atoms. The Bertz CT molecular complexity index is 140. The van der Waals surface area contributed by atoms with Gasteiger partial charge in [-0.1, -0.05) is 12.2 Å². The minimum Gasteiger partial charge on any atom is -0.392 e. The first-order valence-electron chi connectivity index (χ1n) is 3.72. The number of aliphatic hydroxyl groups is 1. The lowest BCUT2D eigenvalue weighted by Crippen LogP contribution is -2.40. The highest BCUT2D eigenvalue weighted by Crippen LogP contribution is 2.41. The zero-order valence-corrected chi connectivity index (χ0v) is 5.46. The van der Waals surface area contributed by atoms with Gasteiger partial charge >= 0.3 is 0 Å². The monoisotopic (exact) mass is 124 g/mol. The average Bonchev–Trinajstić information content (AvgIpc) is 1.86. The number of aliphatic hydroxyl groups excluding tert-OH is 1. The third-order valence-corrected chi connectivity index (χ3v) is 2.60. The number of hydrogen-bond acceptors (Lipinski definition) is 1. The maximum Gasteiger partial charge on any atom is 0.0608 e. The molecule has 0 aromatic carbocycles. The van der Waals surface area contributed by atoms with E-state index in [4.69, 9.17) is 0 Å². The van der Waals surface area contributed by atoms with Gasteiger partial charge in [0.15, 0.2) is 0 Å². The van der Waals surface area contributed by atoms with Crippen LogP contribution in [-0.4, -0.2) is 11.2 Å². The van der Waals surface area contributed by atoms with E-state index < -0.39 is 0 Å². The zero-order valence-electron chi connectivity index (χ0n) is 5.46. The largest absolute Gasteiger partial charge is 0.392 e. The third kappa shape index (κ3) is 0.715. The highest BCUT2D eigenvalue weighted by Gasteiger charge is 2.38. The quantitative estimate of drug-likeness (QED) is 0.483. The highest BCUT2D eigenvalue weighted by atomic mass is 16.3. The maximum absolute atomic E-state index is 9.19. The average molecular weight is 124 g/mol. The molecule has 9 heavy (non-hydrogen) atoms. The molecular formula is C8H12O. The molecule has 2 aliphatic rings. The Morgan fingerprint density at radius 1 is 1.44 bits per heavy atom. The van der Waals surface area contributed by atoms with Crippen molar-refractivity contribution in [3.8, 4) is 0 Å². The van der Waals surface area contributed by atoms with Crippen molar-refractivity contribution in [1.29, 1.82) is 0 Å². The summed E-state index contributed by atoms with van der Waals surface area (Å²) in [5, 5.41) is 9.19. The van der Waals surface area contributed by atoms with E-state index in [1.807, 2.05) is 0 Å². The van der Waals surface area contributed by atoms with E-state index in [2.05, 4.69) is 12.2 Å². The van der Waals surface area contributed by atoms with Gasteiger partial charge in [-0.3, -0.25) is 0 Å². The smallest absolute Gasteiger partial charge is 0.0608 e. The van der Waals surface area contributed by atoms with Gasteiger partial charge in [0.2, 0.25) is 0 Å². The van der Waals surface area contributed by atoms with Crippen LogP contribution in [0.1, 0.15) is 19.3 Å². The van der Waals surface area contributed by atoms with Crippen LogP contribution in [0, 0.1) is 11.8 Å². The molecule has 0 aromatic rings. The van der Waals surface area contributed by atoms with Crippen LogP contribution in [0.2, 0.25) is 0 Å². The van der Waals surface area contributed by atoms with Crippen LogP contribution in [0.15, 0.2) is 12.2 Å². The highest BCUT2D eigenvalue weighted by molar-refractivity contribution is 5.06. The van der Waals surface area contributed by atoms with Gasteiger partial charge in [0, 0.05) is 5.92 Å². The molecule has 2 aliphatic carbocycles. The summed E-state index contributed by atoms with van der Waals surface area (Å²) in [5.74, 6) is 1.35. The van der Waals surface area contributed by atoms with Crippen molar-refractivity contribution >= 4 is 0 Å². The lowest BCUT2D eigenvalue weighted by atomic mass is 9.66. The first kappa shape index (κ1) is 5.48. The molecule has 1 fully saturated rings. The summed E-state index contributed by atoms with van der Waals surface area (Å²) >= 11 is 0. The Kier molecular flexibility index (Phi) is 1.12. The van der Waals surface area contributed by atoms with E-state index in [9.17, 15) is 5.11 Å². The maximum atomic E-state index is 9.19. The third-order valence-electron chi connectivity index (χ3n) is 2.60. The molecular weight excluding hydrogens is 112 g/mol. The SMILES string of the molecule is OC1C[C@@H]2CCC=C[C@H]12. The summed E-state index contributed by atoms with van der Waals surface area (Å²) in [6.07, 6.45) is 7.96. The van der Waals surface area contributed by atoms with E-state index in [0.29, 0.717) is 5.92 Å². The summed E-state index contributed by atoms with van der Waals surface area (Å²) < 4.78 is 0. The Balaban J connectivity index is 2.07. The molecule has 0 saturated heterocycles. The topological polar surface area (TPSA) is 20.2 Å². The number of fused-ring (bicyclic) bond motifs is 1. The van der Waals surface area contributed by atoms with Gasteiger partial charge in [-0.25, -0.2) is 0 Å². The normalized spacial score (nSPS) is 47.9. The summed E-state index contributed by atoms with van der Waals surface area (Å²) in [4.78, 5) is 0. The molecule has 3 atom stereocenters. The number of rotatable bonds is 0. The molecule has 1 unspecified atom stereocenters. The molecule has 0 aromatic heterocycles. The Labute approximate surface area is 55.4 Å². The molecule has 50 valence electrons. The molecule has 1 nitrogen and oxygen atoms in total. The standard InChI is InChI=1S/C8H12O/c9-8-5-6-3-1-2-4-7(6)8/h2,4,6-9H,1,3,5H2/t6-,7-,8?/m0/s1. The predicted octanol–water partition coefficient (Wildman–Crippen LogP) is 1.33.